The molecule has 0 aromatic carbocycles. The van der Waals surface area contributed by atoms with E-state index in [1.165, 1.54) is 15.3 Å². The summed E-state index contributed by atoms with van der Waals surface area (Å²) in [5.74, 6) is 1.40. The Morgan fingerprint density at radius 1 is 1.39 bits per heavy atom. The number of nitrogens with zero attached hydrogens (tertiary/aromatic N) is 2. The zero-order valence-electron chi connectivity index (χ0n) is 11.3. The number of nitrogens with one attached hydrogen (secondary N) is 1. The fourth-order valence-electron chi connectivity index (χ4n) is 2.03. The van der Waals surface area contributed by atoms with E-state index in [1.807, 2.05) is 18.3 Å². The Labute approximate surface area is 111 Å². The lowest BCUT2D eigenvalue weighted by Crippen LogP contribution is -2.21. The average Bonchev–Trinajstić information content (AvgIpc) is 2.85. The summed E-state index contributed by atoms with van der Waals surface area (Å²) in [7, 11) is 0. The van der Waals surface area contributed by atoms with Crippen molar-refractivity contribution in [3.05, 3.63) is 33.1 Å². The molecule has 1 unspecified atom stereocenters. The standard InChI is InChI=1S/C13H19N3OS/c1-8-7-12(10(3)18-8)9(2)14-6-5-13-15-11(4)17-16-13/h7,9,14H,5-6H2,1-4H3. The van der Waals surface area contributed by atoms with Crippen LogP contribution in [0.25, 0.3) is 0 Å². The van der Waals surface area contributed by atoms with Gasteiger partial charge in [-0.05, 0) is 32.4 Å². The molecule has 0 amide bonds. The van der Waals surface area contributed by atoms with Gasteiger partial charge in [0.2, 0.25) is 5.89 Å². The molecular weight excluding hydrogens is 246 g/mol. The second kappa shape index (κ2) is 5.63. The molecule has 0 aliphatic heterocycles. The minimum absolute atomic E-state index is 0.364. The molecule has 2 aromatic rings. The van der Waals surface area contributed by atoms with E-state index in [-0.39, 0.29) is 0 Å². The Morgan fingerprint density at radius 2 is 2.17 bits per heavy atom. The van der Waals surface area contributed by atoms with E-state index in [0.29, 0.717) is 11.9 Å². The Bertz CT molecular complexity index is 518. The molecule has 18 heavy (non-hydrogen) atoms. The Morgan fingerprint density at radius 3 is 2.72 bits per heavy atom. The van der Waals surface area contributed by atoms with E-state index in [1.54, 1.807) is 0 Å². The molecule has 0 aliphatic rings. The number of aromatic nitrogens is 2. The SMILES string of the molecule is Cc1nc(CCNC(C)c2cc(C)sc2C)no1. The van der Waals surface area contributed by atoms with Crippen LogP contribution in [-0.4, -0.2) is 16.7 Å². The van der Waals surface area contributed by atoms with Crippen molar-refractivity contribution in [1.29, 1.82) is 0 Å². The van der Waals surface area contributed by atoms with Crippen molar-refractivity contribution >= 4 is 11.3 Å². The van der Waals surface area contributed by atoms with E-state index in [2.05, 4.69) is 42.3 Å². The van der Waals surface area contributed by atoms with Crippen LogP contribution in [0.3, 0.4) is 0 Å². The average molecular weight is 265 g/mol. The van der Waals surface area contributed by atoms with Gasteiger partial charge in [0, 0.05) is 35.7 Å². The van der Waals surface area contributed by atoms with Crippen LogP contribution in [0.4, 0.5) is 0 Å². The lowest BCUT2D eigenvalue weighted by molar-refractivity contribution is 0.386. The maximum atomic E-state index is 4.94. The highest BCUT2D eigenvalue weighted by atomic mass is 32.1. The normalized spacial score (nSPS) is 12.9. The molecule has 0 bridgehead atoms. The minimum atomic E-state index is 0.364. The minimum Gasteiger partial charge on any atom is -0.340 e. The fourth-order valence-corrected chi connectivity index (χ4v) is 3.06. The van der Waals surface area contributed by atoms with Crippen LogP contribution >= 0.6 is 11.3 Å². The Kier molecular flexibility index (Phi) is 4.14. The van der Waals surface area contributed by atoms with E-state index in [0.717, 1.165) is 18.8 Å². The van der Waals surface area contributed by atoms with Crippen LogP contribution in [0.15, 0.2) is 10.6 Å². The van der Waals surface area contributed by atoms with Gasteiger partial charge in [-0.15, -0.1) is 11.3 Å². The molecule has 4 nitrogen and oxygen atoms in total. The molecule has 0 spiro atoms. The molecule has 1 atom stereocenters. The summed E-state index contributed by atoms with van der Waals surface area (Å²) in [6.07, 6.45) is 0.795. The maximum Gasteiger partial charge on any atom is 0.223 e. The molecular formula is C13H19N3OS. The number of thiophene rings is 1. The third-order valence-corrected chi connectivity index (χ3v) is 3.90. The summed E-state index contributed by atoms with van der Waals surface area (Å²) in [4.78, 5) is 6.94. The lowest BCUT2D eigenvalue weighted by Gasteiger charge is -2.12. The number of hydrogen-bond acceptors (Lipinski definition) is 5. The Hall–Kier alpha value is -1.20. The number of hydrogen-bond donors (Lipinski definition) is 1. The highest BCUT2D eigenvalue weighted by Gasteiger charge is 2.11. The predicted molar refractivity (Wildman–Crippen MR) is 72.9 cm³/mol. The molecule has 0 saturated heterocycles. The molecule has 0 saturated carbocycles. The second-order valence-electron chi connectivity index (χ2n) is 4.52. The topological polar surface area (TPSA) is 51.0 Å². The third-order valence-electron chi connectivity index (χ3n) is 2.91. The van der Waals surface area contributed by atoms with Gasteiger partial charge in [0.1, 0.15) is 0 Å². The summed E-state index contributed by atoms with van der Waals surface area (Å²) in [5.41, 5.74) is 1.39. The van der Waals surface area contributed by atoms with Gasteiger partial charge in [-0.1, -0.05) is 5.16 Å². The van der Waals surface area contributed by atoms with Gasteiger partial charge in [-0.25, -0.2) is 0 Å². The highest BCUT2D eigenvalue weighted by molar-refractivity contribution is 7.12. The zero-order chi connectivity index (χ0) is 13.1. The highest BCUT2D eigenvalue weighted by Crippen LogP contribution is 2.25. The van der Waals surface area contributed by atoms with Crippen molar-refractivity contribution in [1.82, 2.24) is 15.5 Å². The maximum absolute atomic E-state index is 4.94. The first-order valence-electron chi connectivity index (χ1n) is 6.15. The molecule has 98 valence electrons. The largest absolute Gasteiger partial charge is 0.340 e. The molecule has 2 heterocycles. The summed E-state index contributed by atoms with van der Waals surface area (Å²) in [5, 5.41) is 7.38. The van der Waals surface area contributed by atoms with E-state index < -0.39 is 0 Å². The summed E-state index contributed by atoms with van der Waals surface area (Å²) < 4.78 is 4.94. The smallest absolute Gasteiger partial charge is 0.223 e. The van der Waals surface area contributed by atoms with Crippen LogP contribution in [0.5, 0.6) is 0 Å². The summed E-state index contributed by atoms with van der Waals surface area (Å²) in [6, 6.07) is 2.62. The van der Waals surface area contributed by atoms with Crippen molar-refractivity contribution < 1.29 is 4.52 Å². The molecule has 0 radical (unpaired) electrons. The van der Waals surface area contributed by atoms with Gasteiger partial charge in [0.15, 0.2) is 5.82 Å². The molecule has 2 aromatic heterocycles. The van der Waals surface area contributed by atoms with E-state index >= 15 is 0 Å². The summed E-state index contributed by atoms with van der Waals surface area (Å²) >= 11 is 1.85. The van der Waals surface area contributed by atoms with Crippen LogP contribution < -0.4 is 5.32 Å². The molecule has 1 N–H and O–H groups in total. The van der Waals surface area contributed by atoms with Crippen molar-refractivity contribution in [2.24, 2.45) is 0 Å². The van der Waals surface area contributed by atoms with Crippen LogP contribution in [-0.2, 0) is 6.42 Å². The van der Waals surface area contributed by atoms with E-state index in [4.69, 9.17) is 4.52 Å². The van der Waals surface area contributed by atoms with Gasteiger partial charge >= 0.3 is 0 Å². The monoisotopic (exact) mass is 265 g/mol. The third kappa shape index (κ3) is 3.17. The van der Waals surface area contributed by atoms with Crippen molar-refractivity contribution in [2.75, 3.05) is 6.54 Å². The van der Waals surface area contributed by atoms with Gasteiger partial charge in [0.05, 0.1) is 0 Å². The first-order chi connectivity index (χ1) is 8.56. The zero-order valence-corrected chi connectivity index (χ0v) is 12.1. The second-order valence-corrected chi connectivity index (χ2v) is 5.98. The number of aryl methyl sites for hydroxylation is 3. The van der Waals surface area contributed by atoms with Gasteiger partial charge < -0.3 is 9.84 Å². The number of rotatable bonds is 5. The van der Waals surface area contributed by atoms with Crippen LogP contribution in [0, 0.1) is 20.8 Å². The molecule has 0 fully saturated rings. The molecule has 0 aliphatic carbocycles. The van der Waals surface area contributed by atoms with Crippen LogP contribution in [0.1, 0.15) is 40.0 Å². The van der Waals surface area contributed by atoms with E-state index in [9.17, 15) is 0 Å². The fraction of sp³-hybridized carbons (Fsp3) is 0.538. The first kappa shape index (κ1) is 13.2. The molecule has 2 rings (SSSR count). The van der Waals surface area contributed by atoms with Crippen LogP contribution in [0.2, 0.25) is 0 Å². The quantitative estimate of drug-likeness (QED) is 0.903. The van der Waals surface area contributed by atoms with Crippen molar-refractivity contribution in [3.63, 3.8) is 0 Å². The van der Waals surface area contributed by atoms with Gasteiger partial charge in [-0.3, -0.25) is 0 Å². The predicted octanol–water partition coefficient (Wildman–Crippen LogP) is 2.95. The molecule has 5 heteroatoms. The van der Waals surface area contributed by atoms with Crippen molar-refractivity contribution in [2.45, 2.75) is 40.2 Å². The van der Waals surface area contributed by atoms with Gasteiger partial charge in [0.25, 0.3) is 0 Å². The summed E-state index contributed by atoms with van der Waals surface area (Å²) in [6.45, 7) is 9.18. The Balaban J connectivity index is 1.85. The van der Waals surface area contributed by atoms with Gasteiger partial charge in [-0.2, -0.15) is 4.98 Å². The first-order valence-corrected chi connectivity index (χ1v) is 6.97. The van der Waals surface area contributed by atoms with Crippen molar-refractivity contribution in [3.8, 4) is 0 Å². The lowest BCUT2D eigenvalue weighted by atomic mass is 10.1.